The van der Waals surface area contributed by atoms with Crippen LogP contribution in [0.3, 0.4) is 0 Å². The van der Waals surface area contributed by atoms with Crippen molar-refractivity contribution in [2.45, 2.75) is 20.3 Å². The zero-order chi connectivity index (χ0) is 14.1. The van der Waals surface area contributed by atoms with Crippen molar-refractivity contribution in [2.75, 3.05) is 19.0 Å². The van der Waals surface area contributed by atoms with E-state index in [1.165, 1.54) is 0 Å². The minimum Gasteiger partial charge on any atom is -0.481 e. The monoisotopic (exact) mass is 257 g/mol. The van der Waals surface area contributed by atoms with Gasteiger partial charge in [-0.05, 0) is 31.9 Å². The van der Waals surface area contributed by atoms with Crippen LogP contribution in [0.1, 0.15) is 19.4 Å². The van der Waals surface area contributed by atoms with Gasteiger partial charge in [0.25, 0.3) is 0 Å². The number of hydrogen-bond donors (Lipinski definition) is 1. The summed E-state index contributed by atoms with van der Waals surface area (Å²) in [6.45, 7) is 3.10. The lowest BCUT2D eigenvalue weighted by Gasteiger charge is -2.24. The summed E-state index contributed by atoms with van der Waals surface area (Å²) in [4.78, 5) is 12.7. The van der Waals surface area contributed by atoms with E-state index in [0.717, 1.165) is 12.1 Å². The van der Waals surface area contributed by atoms with Crippen LogP contribution < -0.4 is 4.90 Å². The molecule has 1 aromatic rings. The maximum atomic E-state index is 13.3. The van der Waals surface area contributed by atoms with E-state index < -0.39 is 23.0 Å². The summed E-state index contributed by atoms with van der Waals surface area (Å²) in [5.74, 6) is -2.87. The molecule has 0 heterocycles. The molecule has 0 atom stereocenters. The average Bonchev–Trinajstić information content (AvgIpc) is 2.22. The lowest BCUT2D eigenvalue weighted by molar-refractivity contribution is -0.146. The van der Waals surface area contributed by atoms with Gasteiger partial charge in [0, 0.05) is 25.8 Å². The van der Waals surface area contributed by atoms with Crippen LogP contribution in [0.15, 0.2) is 12.1 Å². The first kappa shape index (κ1) is 14.4. The fourth-order valence-electron chi connectivity index (χ4n) is 1.69. The van der Waals surface area contributed by atoms with Gasteiger partial charge in [-0.2, -0.15) is 0 Å². The first-order chi connectivity index (χ1) is 8.15. The molecule has 0 aliphatic heterocycles. The maximum Gasteiger partial charge on any atom is 0.309 e. The molecule has 0 aromatic heterocycles. The molecule has 1 aromatic carbocycles. The summed E-state index contributed by atoms with van der Waals surface area (Å²) < 4.78 is 26.5. The minimum atomic E-state index is -1.03. The Kier molecular flexibility index (Phi) is 3.94. The predicted octanol–water partition coefficient (Wildman–Crippen LogP) is 2.68. The van der Waals surface area contributed by atoms with E-state index >= 15 is 0 Å². The molecule has 0 radical (unpaired) electrons. The second kappa shape index (κ2) is 4.92. The Hall–Kier alpha value is -1.65. The Morgan fingerprint density at radius 2 is 1.78 bits per heavy atom. The van der Waals surface area contributed by atoms with Crippen molar-refractivity contribution in [3.05, 3.63) is 29.3 Å². The van der Waals surface area contributed by atoms with Crippen LogP contribution in [0.25, 0.3) is 0 Å². The third kappa shape index (κ3) is 2.97. The van der Waals surface area contributed by atoms with E-state index in [9.17, 15) is 13.6 Å². The van der Waals surface area contributed by atoms with Crippen LogP contribution in [-0.4, -0.2) is 25.2 Å². The molecule has 1 N–H and O–H groups in total. The van der Waals surface area contributed by atoms with Crippen LogP contribution >= 0.6 is 0 Å². The normalized spacial score (nSPS) is 11.4. The average molecular weight is 257 g/mol. The number of rotatable bonds is 4. The van der Waals surface area contributed by atoms with Gasteiger partial charge in [0.05, 0.1) is 5.41 Å². The lowest BCUT2D eigenvalue weighted by atomic mass is 9.85. The Labute approximate surface area is 105 Å². The molecule has 0 bridgehead atoms. The zero-order valence-corrected chi connectivity index (χ0v) is 10.9. The van der Waals surface area contributed by atoms with Crippen LogP contribution in [0.4, 0.5) is 14.5 Å². The molecule has 0 amide bonds. The van der Waals surface area contributed by atoms with Gasteiger partial charge in [0.15, 0.2) is 11.6 Å². The number of carboxylic acids is 1. The lowest BCUT2D eigenvalue weighted by Crippen LogP contribution is -2.27. The van der Waals surface area contributed by atoms with Gasteiger partial charge in [-0.1, -0.05) is 0 Å². The van der Waals surface area contributed by atoms with Gasteiger partial charge in [0.1, 0.15) is 0 Å². The number of anilines is 1. The van der Waals surface area contributed by atoms with Crippen LogP contribution in [0.2, 0.25) is 0 Å². The second-order valence-electron chi connectivity index (χ2n) is 5.16. The molecular weight excluding hydrogens is 240 g/mol. The zero-order valence-electron chi connectivity index (χ0n) is 10.9. The number of aliphatic carboxylic acids is 1. The van der Waals surface area contributed by atoms with E-state index in [1.54, 1.807) is 32.8 Å². The highest BCUT2D eigenvalue weighted by molar-refractivity contribution is 5.74. The van der Waals surface area contributed by atoms with Crippen LogP contribution in [0.5, 0.6) is 0 Å². The van der Waals surface area contributed by atoms with Crippen molar-refractivity contribution in [1.82, 2.24) is 0 Å². The van der Waals surface area contributed by atoms with E-state index in [1.807, 2.05) is 0 Å². The summed E-state index contributed by atoms with van der Waals surface area (Å²) >= 11 is 0. The molecule has 3 nitrogen and oxygen atoms in total. The van der Waals surface area contributed by atoms with E-state index in [2.05, 4.69) is 0 Å². The van der Waals surface area contributed by atoms with Crippen molar-refractivity contribution in [2.24, 2.45) is 5.41 Å². The van der Waals surface area contributed by atoms with Crippen LogP contribution in [-0.2, 0) is 11.2 Å². The number of benzene rings is 1. The Balaban J connectivity index is 3.23. The smallest absolute Gasteiger partial charge is 0.309 e. The molecule has 0 aliphatic rings. The largest absolute Gasteiger partial charge is 0.481 e. The fraction of sp³-hybridized carbons (Fsp3) is 0.462. The third-order valence-electron chi connectivity index (χ3n) is 2.81. The molecule has 18 heavy (non-hydrogen) atoms. The SMILES string of the molecule is CN(C)c1cc(F)c(F)cc1CC(C)(C)C(=O)O. The summed E-state index contributed by atoms with van der Waals surface area (Å²) in [6, 6.07) is 2.15. The fourth-order valence-corrected chi connectivity index (χ4v) is 1.69. The molecule has 0 unspecified atom stereocenters. The molecule has 1 rings (SSSR count). The quantitative estimate of drug-likeness (QED) is 0.901. The number of halogens is 2. The minimum absolute atomic E-state index is 0.132. The summed E-state index contributed by atoms with van der Waals surface area (Å²) in [5.41, 5.74) is -0.0656. The van der Waals surface area contributed by atoms with E-state index in [4.69, 9.17) is 5.11 Å². The Morgan fingerprint density at radius 1 is 1.28 bits per heavy atom. The van der Waals surface area contributed by atoms with Gasteiger partial charge in [0.2, 0.25) is 0 Å². The maximum absolute atomic E-state index is 13.3. The molecule has 0 saturated heterocycles. The van der Waals surface area contributed by atoms with Gasteiger partial charge < -0.3 is 10.0 Å². The standard InChI is InChI=1S/C13H17F2NO2/c1-13(2,12(17)18)7-8-5-9(14)10(15)6-11(8)16(3)4/h5-6H,7H2,1-4H3,(H,17,18). The predicted molar refractivity (Wildman–Crippen MR) is 65.8 cm³/mol. The first-order valence-corrected chi connectivity index (χ1v) is 5.54. The number of carbonyl (C=O) groups is 1. The number of hydrogen-bond acceptors (Lipinski definition) is 2. The summed E-state index contributed by atoms with van der Waals surface area (Å²) in [5, 5.41) is 9.07. The molecular formula is C13H17F2NO2. The third-order valence-corrected chi connectivity index (χ3v) is 2.81. The Morgan fingerprint density at radius 3 is 2.22 bits per heavy atom. The topological polar surface area (TPSA) is 40.5 Å². The summed E-state index contributed by atoms with van der Waals surface area (Å²) in [6.07, 6.45) is 0.132. The molecule has 5 heteroatoms. The molecule has 0 spiro atoms. The molecule has 0 aliphatic carbocycles. The van der Waals surface area contributed by atoms with Gasteiger partial charge >= 0.3 is 5.97 Å². The Bertz CT molecular complexity index is 470. The van der Waals surface area contributed by atoms with E-state index in [0.29, 0.717) is 11.3 Å². The molecule has 0 fully saturated rings. The van der Waals surface area contributed by atoms with Crippen molar-refractivity contribution < 1.29 is 18.7 Å². The summed E-state index contributed by atoms with van der Waals surface area (Å²) in [7, 11) is 3.40. The van der Waals surface area contributed by atoms with Gasteiger partial charge in [-0.25, -0.2) is 8.78 Å². The van der Waals surface area contributed by atoms with Crippen molar-refractivity contribution in [1.29, 1.82) is 0 Å². The van der Waals surface area contributed by atoms with Gasteiger partial charge in [-0.3, -0.25) is 4.79 Å². The first-order valence-electron chi connectivity index (χ1n) is 5.54. The highest BCUT2D eigenvalue weighted by atomic mass is 19.2. The molecule has 0 saturated carbocycles. The van der Waals surface area contributed by atoms with Crippen molar-refractivity contribution >= 4 is 11.7 Å². The van der Waals surface area contributed by atoms with Gasteiger partial charge in [-0.15, -0.1) is 0 Å². The van der Waals surface area contributed by atoms with Crippen molar-refractivity contribution in [3.8, 4) is 0 Å². The van der Waals surface area contributed by atoms with Crippen LogP contribution in [0, 0.1) is 17.0 Å². The highest BCUT2D eigenvalue weighted by Crippen LogP contribution is 2.29. The number of nitrogens with zero attached hydrogens (tertiary/aromatic N) is 1. The molecule has 100 valence electrons. The highest BCUT2D eigenvalue weighted by Gasteiger charge is 2.29. The van der Waals surface area contributed by atoms with E-state index in [-0.39, 0.29) is 6.42 Å². The van der Waals surface area contributed by atoms with Crippen molar-refractivity contribution in [3.63, 3.8) is 0 Å². The number of carboxylic acid groups (broad SMARTS) is 1. The second-order valence-corrected chi connectivity index (χ2v) is 5.16.